The minimum Gasteiger partial charge on any atom is -0.330 e. The second-order valence-corrected chi connectivity index (χ2v) is 5.12. The van der Waals surface area contributed by atoms with Gasteiger partial charge in [-0.3, -0.25) is 0 Å². The number of fused-ring (bicyclic) bond motifs is 1. The molecule has 0 heterocycles. The van der Waals surface area contributed by atoms with E-state index in [4.69, 9.17) is 5.73 Å². The summed E-state index contributed by atoms with van der Waals surface area (Å²) in [6.45, 7) is 3.08. The first-order valence-electron chi connectivity index (χ1n) is 5.20. The molecule has 0 aliphatic heterocycles. The molecular formula is C12H16BrN. The van der Waals surface area contributed by atoms with Crippen molar-refractivity contribution in [3.8, 4) is 0 Å². The van der Waals surface area contributed by atoms with E-state index in [2.05, 4.69) is 41.1 Å². The summed E-state index contributed by atoms with van der Waals surface area (Å²) in [4.78, 5) is 0. The van der Waals surface area contributed by atoms with Gasteiger partial charge in [-0.25, -0.2) is 0 Å². The number of hydrogen-bond donors (Lipinski definition) is 1. The highest BCUT2D eigenvalue weighted by molar-refractivity contribution is 9.10. The van der Waals surface area contributed by atoms with Crippen LogP contribution in [0, 0.1) is 5.92 Å². The third kappa shape index (κ3) is 1.73. The van der Waals surface area contributed by atoms with E-state index in [0.717, 1.165) is 12.5 Å². The van der Waals surface area contributed by atoms with Crippen LogP contribution in [0.15, 0.2) is 22.7 Å². The van der Waals surface area contributed by atoms with Gasteiger partial charge in [-0.05, 0) is 54.5 Å². The molecule has 2 rings (SSSR count). The highest BCUT2D eigenvalue weighted by atomic mass is 79.9. The summed E-state index contributed by atoms with van der Waals surface area (Å²) in [6, 6.07) is 6.60. The van der Waals surface area contributed by atoms with Crippen molar-refractivity contribution in [3.63, 3.8) is 0 Å². The highest BCUT2D eigenvalue weighted by Gasteiger charge is 2.25. The summed E-state index contributed by atoms with van der Waals surface area (Å²) in [5, 5.41) is 0. The Labute approximate surface area is 93.8 Å². The lowest BCUT2D eigenvalue weighted by atomic mass is 9.76. The van der Waals surface area contributed by atoms with Gasteiger partial charge in [0.05, 0.1) is 0 Å². The van der Waals surface area contributed by atoms with Crippen LogP contribution in [0.25, 0.3) is 0 Å². The second kappa shape index (κ2) is 4.03. The Morgan fingerprint density at radius 3 is 3.00 bits per heavy atom. The van der Waals surface area contributed by atoms with Crippen LogP contribution in [0.2, 0.25) is 0 Å². The number of rotatable bonds is 1. The zero-order valence-corrected chi connectivity index (χ0v) is 10.0. The van der Waals surface area contributed by atoms with Crippen molar-refractivity contribution in [3.05, 3.63) is 33.8 Å². The monoisotopic (exact) mass is 253 g/mol. The number of halogens is 1. The van der Waals surface area contributed by atoms with E-state index in [1.54, 1.807) is 0 Å². The van der Waals surface area contributed by atoms with Gasteiger partial charge in [0.1, 0.15) is 0 Å². The summed E-state index contributed by atoms with van der Waals surface area (Å²) >= 11 is 3.53. The SMILES string of the molecule is CC1CCc2ccc(Br)cc2C1CN. The minimum absolute atomic E-state index is 0.552. The third-order valence-corrected chi connectivity index (χ3v) is 3.81. The molecule has 1 aromatic carbocycles. The standard InChI is InChI=1S/C12H16BrN/c1-8-2-3-9-4-5-10(13)6-11(9)12(8)7-14/h4-6,8,12H,2-3,7,14H2,1H3. The predicted molar refractivity (Wildman–Crippen MR) is 63.4 cm³/mol. The zero-order valence-electron chi connectivity index (χ0n) is 8.46. The zero-order chi connectivity index (χ0) is 10.1. The first-order valence-corrected chi connectivity index (χ1v) is 6.00. The maximum absolute atomic E-state index is 5.84. The van der Waals surface area contributed by atoms with E-state index in [-0.39, 0.29) is 0 Å². The molecule has 2 atom stereocenters. The molecule has 0 bridgehead atoms. The van der Waals surface area contributed by atoms with Gasteiger partial charge in [0.15, 0.2) is 0 Å². The van der Waals surface area contributed by atoms with Gasteiger partial charge in [0.25, 0.3) is 0 Å². The molecule has 2 N–H and O–H groups in total. The van der Waals surface area contributed by atoms with Crippen LogP contribution >= 0.6 is 15.9 Å². The van der Waals surface area contributed by atoms with E-state index < -0.39 is 0 Å². The fraction of sp³-hybridized carbons (Fsp3) is 0.500. The summed E-state index contributed by atoms with van der Waals surface area (Å²) in [5.41, 5.74) is 8.79. The first kappa shape index (κ1) is 10.2. The molecule has 1 aliphatic rings. The average Bonchev–Trinajstić information content (AvgIpc) is 2.17. The molecule has 0 spiro atoms. The van der Waals surface area contributed by atoms with Crippen LogP contribution in [0.3, 0.4) is 0 Å². The predicted octanol–water partition coefficient (Wildman–Crippen LogP) is 3.07. The highest BCUT2D eigenvalue weighted by Crippen LogP contribution is 2.36. The number of benzene rings is 1. The molecule has 76 valence electrons. The molecular weight excluding hydrogens is 238 g/mol. The van der Waals surface area contributed by atoms with Crippen molar-refractivity contribution in [2.45, 2.75) is 25.7 Å². The molecule has 1 aliphatic carbocycles. The molecule has 0 fully saturated rings. The average molecular weight is 254 g/mol. The van der Waals surface area contributed by atoms with Gasteiger partial charge >= 0.3 is 0 Å². The Hall–Kier alpha value is -0.340. The van der Waals surface area contributed by atoms with Crippen LogP contribution in [0.1, 0.15) is 30.4 Å². The smallest absolute Gasteiger partial charge is 0.0178 e. The van der Waals surface area contributed by atoms with Crippen LogP contribution < -0.4 is 5.73 Å². The summed E-state index contributed by atoms with van der Waals surface area (Å²) in [6.07, 6.45) is 2.48. The summed E-state index contributed by atoms with van der Waals surface area (Å²) < 4.78 is 1.17. The largest absolute Gasteiger partial charge is 0.330 e. The molecule has 0 saturated carbocycles. The molecule has 1 aromatic rings. The topological polar surface area (TPSA) is 26.0 Å². The number of hydrogen-bond acceptors (Lipinski definition) is 1. The molecule has 0 amide bonds. The molecule has 0 saturated heterocycles. The number of aryl methyl sites for hydroxylation is 1. The fourth-order valence-corrected chi connectivity index (χ4v) is 2.77. The fourth-order valence-electron chi connectivity index (χ4n) is 2.39. The molecule has 0 aromatic heterocycles. The Bertz CT molecular complexity index is 335. The van der Waals surface area contributed by atoms with E-state index in [9.17, 15) is 0 Å². The van der Waals surface area contributed by atoms with Crippen molar-refractivity contribution < 1.29 is 0 Å². The second-order valence-electron chi connectivity index (χ2n) is 4.20. The van der Waals surface area contributed by atoms with Crippen molar-refractivity contribution >= 4 is 15.9 Å². The van der Waals surface area contributed by atoms with Crippen LogP contribution in [-0.4, -0.2) is 6.54 Å². The van der Waals surface area contributed by atoms with Crippen molar-refractivity contribution in [2.24, 2.45) is 11.7 Å². The maximum atomic E-state index is 5.84. The van der Waals surface area contributed by atoms with Gasteiger partial charge in [0, 0.05) is 4.47 Å². The van der Waals surface area contributed by atoms with Crippen molar-refractivity contribution in [1.82, 2.24) is 0 Å². The molecule has 1 nitrogen and oxygen atoms in total. The minimum atomic E-state index is 0.552. The van der Waals surface area contributed by atoms with Crippen LogP contribution in [-0.2, 0) is 6.42 Å². The molecule has 2 heteroatoms. The van der Waals surface area contributed by atoms with Gasteiger partial charge in [-0.2, -0.15) is 0 Å². The summed E-state index contributed by atoms with van der Waals surface area (Å²) in [5.74, 6) is 1.28. The van der Waals surface area contributed by atoms with E-state index in [0.29, 0.717) is 5.92 Å². The number of nitrogens with two attached hydrogens (primary N) is 1. The Balaban J connectivity index is 2.43. The Morgan fingerprint density at radius 1 is 1.50 bits per heavy atom. The van der Waals surface area contributed by atoms with Crippen molar-refractivity contribution in [1.29, 1.82) is 0 Å². The van der Waals surface area contributed by atoms with E-state index in [1.165, 1.54) is 28.4 Å². The molecule has 2 unspecified atom stereocenters. The van der Waals surface area contributed by atoms with E-state index >= 15 is 0 Å². The molecule has 0 radical (unpaired) electrons. The maximum Gasteiger partial charge on any atom is 0.0178 e. The first-order chi connectivity index (χ1) is 6.72. The third-order valence-electron chi connectivity index (χ3n) is 3.32. The Morgan fingerprint density at radius 2 is 2.29 bits per heavy atom. The van der Waals surface area contributed by atoms with Gasteiger partial charge < -0.3 is 5.73 Å². The van der Waals surface area contributed by atoms with Gasteiger partial charge in [-0.15, -0.1) is 0 Å². The van der Waals surface area contributed by atoms with Gasteiger partial charge in [-0.1, -0.05) is 28.9 Å². The Kier molecular flexibility index (Phi) is 2.93. The lowest BCUT2D eigenvalue weighted by molar-refractivity contribution is 0.408. The lowest BCUT2D eigenvalue weighted by Crippen LogP contribution is -2.25. The quantitative estimate of drug-likeness (QED) is 0.818. The van der Waals surface area contributed by atoms with Gasteiger partial charge in [0.2, 0.25) is 0 Å². The van der Waals surface area contributed by atoms with Crippen molar-refractivity contribution in [2.75, 3.05) is 6.54 Å². The molecule has 14 heavy (non-hydrogen) atoms. The lowest BCUT2D eigenvalue weighted by Gasteiger charge is -2.30. The van der Waals surface area contributed by atoms with E-state index in [1.807, 2.05) is 0 Å². The normalized spacial score (nSPS) is 25.9. The summed E-state index contributed by atoms with van der Waals surface area (Å²) in [7, 11) is 0. The van der Waals surface area contributed by atoms with Crippen LogP contribution in [0.5, 0.6) is 0 Å². The van der Waals surface area contributed by atoms with Crippen LogP contribution in [0.4, 0.5) is 0 Å².